The molecule has 0 radical (unpaired) electrons. The van der Waals surface area contributed by atoms with Crippen molar-refractivity contribution in [3.63, 3.8) is 0 Å². The molecule has 0 bridgehead atoms. The minimum absolute atomic E-state index is 0.0644. The fourth-order valence-corrected chi connectivity index (χ4v) is 17.4. The maximum absolute atomic E-state index is 12.9. The van der Waals surface area contributed by atoms with Crippen molar-refractivity contribution in [2.45, 2.75) is 107 Å². The van der Waals surface area contributed by atoms with Crippen molar-refractivity contribution in [2.24, 2.45) is 5.92 Å². The highest BCUT2D eigenvalue weighted by Crippen LogP contribution is 2.40. The van der Waals surface area contributed by atoms with Crippen LogP contribution in [0.4, 0.5) is 43.0 Å². The number of fused-ring (bicyclic) bond motifs is 4. The molecule has 12 N–H and O–H groups in total. The summed E-state index contributed by atoms with van der Waals surface area (Å²) in [7, 11) is 3.91. The van der Waals surface area contributed by atoms with Gasteiger partial charge in [0, 0.05) is 180 Å². The Hall–Kier alpha value is -15.9. The summed E-state index contributed by atoms with van der Waals surface area (Å²) in [5.41, 5.74) is 20.8. The number of oxazole rings is 1. The minimum atomic E-state index is -0.595. The predicted molar refractivity (Wildman–Crippen MR) is 560 cm³/mol. The fourth-order valence-electron chi connectivity index (χ4n) is 17.4. The number of carbonyl (C=O) groups excluding carboxylic acids is 5. The van der Waals surface area contributed by atoms with Gasteiger partial charge < -0.3 is 74.0 Å². The Balaban J connectivity index is 0.000000139. The van der Waals surface area contributed by atoms with Crippen LogP contribution < -0.4 is 48.1 Å². The number of imidazole rings is 4. The molecule has 15 heterocycles. The van der Waals surface area contributed by atoms with Crippen LogP contribution in [0.1, 0.15) is 109 Å². The van der Waals surface area contributed by atoms with E-state index in [4.69, 9.17) is 33.3 Å². The van der Waals surface area contributed by atoms with Crippen LogP contribution in [-0.4, -0.2) is 260 Å². The van der Waals surface area contributed by atoms with E-state index in [0.717, 1.165) is 190 Å². The zero-order chi connectivity index (χ0) is 102. The smallest absolute Gasteiger partial charge is 0.413 e. The van der Waals surface area contributed by atoms with Gasteiger partial charge in [-0.3, -0.25) is 75.5 Å². The average molecular weight is 1960 g/mol. The van der Waals surface area contributed by atoms with Gasteiger partial charge >= 0.3 is 24.2 Å². The number of aromatic nitrogens is 16. The number of rotatable bonds is 28. The lowest BCUT2D eigenvalue weighted by Crippen LogP contribution is -2.46. The largest absolute Gasteiger partial charge is 0.450 e. The van der Waals surface area contributed by atoms with Crippen LogP contribution in [-0.2, 0) is 32.0 Å². The summed E-state index contributed by atoms with van der Waals surface area (Å²) in [5.74, 6) is 2.65. The number of anilines is 4. The van der Waals surface area contributed by atoms with Gasteiger partial charge in [0.2, 0.25) is 29.7 Å². The minimum Gasteiger partial charge on any atom is -0.450 e. The standard InChI is InChI=1S/C28H33N7O2.C27H29N7O4.C26H29N7O2.C25H31N7O3/c1-5-29-28(36)34-27-32-25-13-21(12-22(26(25)33-27)24-8-6-7-11-30-24)20-9-10-23(31-14-20)19(4)35-15-17(2)37-18(3)16-35;1-2-38-27(36)33-26-31-23-15-18(14-21(24(23)32-26)22-5-3-4-6-29-22)19-13-20(17-28-16-19)25(35)30-7-8-34-9-11-37-12-10-34;1-3-27-26(34)32-25-30-23-15-19(14-20(24(23)31-25)22-6-4-5-9-28-22)18-7-8-21(29-16-18)17(2)33-10-12-35-13-11-33;1-6-26-25(34)30-24-28-20-10-17(16-7-8-32(13-15(2)3)21(33)11-16)9-19(22(20)29-24)23-27-12-18(35-23)14-31(4)5/h6-14,17-19H,5,15-16H2,1-4H3,(H3,29,32,33,34,36);3-6,13-17H,2,7-12H2,1H3,(H,30,35)(H2,31,32,33,36);4-9,14-17H,3,10-13H2,1-2H3,(H3,27,30,31,32,34);7-12,15H,6,13-14H2,1-5H3,(H3,26,28,29,30,34)/t17-,18+,19?;;;. The van der Waals surface area contributed by atoms with Gasteiger partial charge in [-0.2, -0.15) is 0 Å². The lowest BCUT2D eigenvalue weighted by atomic mass is 10.00. The van der Waals surface area contributed by atoms with Crippen molar-refractivity contribution in [2.75, 3.05) is 140 Å². The number of nitrogens with one attached hydrogen (secondary N) is 12. The summed E-state index contributed by atoms with van der Waals surface area (Å²) in [6, 6.07) is 46.3. The number of benzene rings is 4. The maximum atomic E-state index is 12.9. The zero-order valence-electron chi connectivity index (χ0n) is 83.3. The van der Waals surface area contributed by atoms with Crippen LogP contribution in [0.3, 0.4) is 0 Å². The van der Waals surface area contributed by atoms with E-state index in [9.17, 15) is 28.8 Å². The van der Waals surface area contributed by atoms with Crippen LogP contribution in [0.5, 0.6) is 0 Å². The van der Waals surface area contributed by atoms with Gasteiger partial charge in [0.25, 0.3) is 11.5 Å². The molecule has 39 heteroatoms. The van der Waals surface area contributed by atoms with E-state index in [2.05, 4.69) is 200 Å². The summed E-state index contributed by atoms with van der Waals surface area (Å²) in [6.07, 6.45) is 15.7. The van der Waals surface area contributed by atoms with E-state index in [1.54, 1.807) is 54.7 Å². The van der Waals surface area contributed by atoms with Gasteiger partial charge in [-0.25, -0.2) is 44.1 Å². The van der Waals surface area contributed by atoms with Gasteiger partial charge in [0.1, 0.15) is 11.3 Å². The summed E-state index contributed by atoms with van der Waals surface area (Å²) in [4.78, 5) is 146. The molecule has 12 aromatic heterocycles. The number of hydrogen-bond acceptors (Lipinski definition) is 26. The molecule has 3 aliphatic heterocycles. The first-order chi connectivity index (χ1) is 70.4. The van der Waals surface area contributed by atoms with Gasteiger partial charge in [-0.1, -0.05) is 44.2 Å². The Morgan fingerprint density at radius 3 is 1.37 bits per heavy atom. The van der Waals surface area contributed by atoms with Gasteiger partial charge in [-0.15, -0.1) is 0 Å². The summed E-state index contributed by atoms with van der Waals surface area (Å²) in [5, 5.41) is 22.0. The Morgan fingerprint density at radius 2 is 0.924 bits per heavy atom. The molecule has 752 valence electrons. The van der Waals surface area contributed by atoms with Crippen molar-refractivity contribution in [1.29, 1.82) is 0 Å². The third-order valence-electron chi connectivity index (χ3n) is 24.4. The van der Waals surface area contributed by atoms with E-state index in [0.29, 0.717) is 102 Å². The summed E-state index contributed by atoms with van der Waals surface area (Å²) in [6.45, 7) is 32.8. The first kappa shape index (κ1) is 102. The third-order valence-corrected chi connectivity index (χ3v) is 24.4. The van der Waals surface area contributed by atoms with Crippen molar-refractivity contribution in [1.82, 2.24) is 120 Å². The molecule has 4 aromatic carbocycles. The van der Waals surface area contributed by atoms with E-state index in [1.807, 2.05) is 161 Å². The molecular formula is C106H122N28O11. The SMILES string of the molecule is CCNC(=O)Nc1nc2c(-c3ccccn3)cc(-c3ccc(C(C)N4CCOCC4)nc3)cc2[nH]1.CCNC(=O)Nc1nc2c(-c3ccccn3)cc(-c3ccc(C(C)N4C[C@@H](C)O[C@@H](C)C4)nc3)cc2[nH]1.CCNC(=O)Nc1nc2c(-c3ncc(CN(C)C)o3)cc(-c3ccn(CC(C)C)c(=O)c3)cc2[nH]1.CCOC(=O)Nc1nc2c(-c3ccccn3)cc(-c3cncc(C(=O)NCCN4CCOCC4)c3)cc2[nH]1. The highest BCUT2D eigenvalue weighted by molar-refractivity contribution is 6.03. The molecule has 0 aliphatic carbocycles. The van der Waals surface area contributed by atoms with E-state index < -0.39 is 6.09 Å². The third kappa shape index (κ3) is 26.3. The molecule has 19 rings (SSSR count). The number of ether oxygens (including phenoxy) is 4. The number of pyridine rings is 7. The van der Waals surface area contributed by atoms with Crippen LogP contribution in [0, 0.1) is 5.92 Å². The second kappa shape index (κ2) is 48.2. The molecule has 16 aromatic rings. The lowest BCUT2D eigenvalue weighted by molar-refractivity contribution is -0.0793. The van der Waals surface area contributed by atoms with Crippen molar-refractivity contribution >= 4 is 98.0 Å². The van der Waals surface area contributed by atoms with Crippen molar-refractivity contribution in [3.05, 3.63) is 234 Å². The molecule has 8 amide bonds. The average Bonchev–Trinajstić information content (AvgIpc) is 1.69. The molecule has 0 spiro atoms. The normalized spacial score (nSPS) is 14.9. The first-order valence-electron chi connectivity index (χ1n) is 48.8. The van der Waals surface area contributed by atoms with Gasteiger partial charge in [0.15, 0.2) is 0 Å². The van der Waals surface area contributed by atoms with E-state index in [1.165, 1.54) is 0 Å². The molecular weight excluding hydrogens is 1840 g/mol. The molecule has 0 saturated carbocycles. The number of H-pyrrole nitrogens is 4. The van der Waals surface area contributed by atoms with Crippen LogP contribution in [0.15, 0.2) is 211 Å². The molecule has 145 heavy (non-hydrogen) atoms. The van der Waals surface area contributed by atoms with Gasteiger partial charge in [0.05, 0.1) is 136 Å². The monoisotopic (exact) mass is 1960 g/mol. The fraction of sp³-hybridized carbons (Fsp3) is 0.330. The van der Waals surface area contributed by atoms with Crippen LogP contribution >= 0.6 is 0 Å². The number of aromatic amines is 4. The molecule has 4 atom stereocenters. The predicted octanol–water partition coefficient (Wildman–Crippen LogP) is 16.4. The molecule has 3 saturated heterocycles. The molecule has 39 nitrogen and oxygen atoms in total. The zero-order valence-corrected chi connectivity index (χ0v) is 83.3. The molecule has 2 unspecified atom stereocenters. The van der Waals surface area contributed by atoms with Gasteiger partial charge in [-0.05, 0) is 212 Å². The number of nitrogens with zero attached hydrogens (tertiary/aromatic N) is 16. The Bertz CT molecular complexity index is 7170. The lowest BCUT2D eigenvalue weighted by Gasteiger charge is -2.38. The molecule has 3 fully saturated rings. The van der Waals surface area contributed by atoms with E-state index >= 15 is 0 Å². The van der Waals surface area contributed by atoms with Crippen molar-refractivity contribution < 1.29 is 47.3 Å². The first-order valence-corrected chi connectivity index (χ1v) is 48.8. The topological polar surface area (TPSA) is 472 Å². The number of urea groups is 3. The Morgan fingerprint density at radius 1 is 0.469 bits per heavy atom. The quantitative estimate of drug-likeness (QED) is 0.0217. The number of amides is 8. The van der Waals surface area contributed by atoms with Crippen molar-refractivity contribution in [3.8, 4) is 89.7 Å². The highest BCUT2D eigenvalue weighted by atomic mass is 16.5. The number of carbonyl (C=O) groups is 5. The Kier molecular flexibility index (Phi) is 33.9. The van der Waals surface area contributed by atoms with Crippen LogP contribution in [0.2, 0.25) is 0 Å². The number of morpholine rings is 3. The highest BCUT2D eigenvalue weighted by Gasteiger charge is 2.30. The Labute approximate surface area is 838 Å². The second-order valence-corrected chi connectivity index (χ2v) is 36.0. The second-order valence-electron chi connectivity index (χ2n) is 36.0. The molecule has 3 aliphatic rings. The van der Waals surface area contributed by atoms with E-state index in [-0.39, 0.29) is 66.4 Å². The maximum Gasteiger partial charge on any atom is 0.413 e. The summed E-state index contributed by atoms with van der Waals surface area (Å²) >= 11 is 0. The van der Waals surface area contributed by atoms with Crippen LogP contribution in [0.25, 0.3) is 134 Å². The number of hydrogen-bond donors (Lipinski definition) is 12. The summed E-state index contributed by atoms with van der Waals surface area (Å²) < 4.78 is 29.4.